The number of guanidine groups is 1. The molecule has 118 valence electrons. The third-order valence-electron chi connectivity index (χ3n) is 2.90. The maximum atomic E-state index is 5.83. The Hall–Kier alpha value is -2.11. The summed E-state index contributed by atoms with van der Waals surface area (Å²) < 4.78 is 16.0. The van der Waals surface area contributed by atoms with Gasteiger partial charge in [-0.1, -0.05) is 13.8 Å². The minimum absolute atomic E-state index is 0.403. The molecule has 1 rings (SSSR count). The quantitative estimate of drug-likeness (QED) is 0.592. The zero-order chi connectivity index (χ0) is 15.8. The molecule has 3 N–H and O–H groups in total. The van der Waals surface area contributed by atoms with Gasteiger partial charge >= 0.3 is 0 Å². The number of hydrogen-bond donors (Lipinski definition) is 2. The Labute approximate surface area is 126 Å². The normalized spacial score (nSPS) is 11.4. The van der Waals surface area contributed by atoms with Crippen LogP contribution in [0.15, 0.2) is 17.1 Å². The molecule has 21 heavy (non-hydrogen) atoms. The average molecular weight is 295 g/mol. The number of aliphatic imine (C=N–C) groups is 1. The van der Waals surface area contributed by atoms with Gasteiger partial charge in [-0.2, -0.15) is 0 Å². The molecular formula is C15H25N3O3. The summed E-state index contributed by atoms with van der Waals surface area (Å²) in [6.07, 6.45) is 0. The highest BCUT2D eigenvalue weighted by atomic mass is 16.5. The van der Waals surface area contributed by atoms with E-state index < -0.39 is 0 Å². The van der Waals surface area contributed by atoms with E-state index in [0.29, 0.717) is 35.7 Å². The zero-order valence-corrected chi connectivity index (χ0v) is 13.4. The molecule has 0 fully saturated rings. The maximum absolute atomic E-state index is 5.83. The number of hydrogen-bond acceptors (Lipinski definition) is 4. The summed E-state index contributed by atoms with van der Waals surface area (Å²) in [4.78, 5) is 4.31. The topological polar surface area (TPSA) is 78.1 Å². The van der Waals surface area contributed by atoms with Crippen LogP contribution in [0.25, 0.3) is 0 Å². The van der Waals surface area contributed by atoms with Crippen molar-refractivity contribution in [2.45, 2.75) is 20.4 Å². The van der Waals surface area contributed by atoms with Crippen molar-refractivity contribution in [2.75, 3.05) is 27.9 Å². The van der Waals surface area contributed by atoms with E-state index >= 15 is 0 Å². The van der Waals surface area contributed by atoms with Crippen molar-refractivity contribution in [3.63, 3.8) is 0 Å². The van der Waals surface area contributed by atoms with Gasteiger partial charge in [-0.25, -0.2) is 4.99 Å². The lowest BCUT2D eigenvalue weighted by molar-refractivity contribution is 0.322. The Morgan fingerprint density at radius 1 is 1.14 bits per heavy atom. The van der Waals surface area contributed by atoms with Gasteiger partial charge < -0.3 is 25.3 Å². The van der Waals surface area contributed by atoms with E-state index in [-0.39, 0.29) is 0 Å². The van der Waals surface area contributed by atoms with Crippen LogP contribution in [0, 0.1) is 5.92 Å². The Kier molecular flexibility index (Phi) is 6.65. The number of nitrogens with two attached hydrogens (primary N) is 1. The van der Waals surface area contributed by atoms with Crippen LogP contribution >= 0.6 is 0 Å². The Morgan fingerprint density at radius 2 is 1.81 bits per heavy atom. The lowest BCUT2D eigenvalue weighted by Gasteiger charge is -2.15. The van der Waals surface area contributed by atoms with Crippen LogP contribution in [0.1, 0.15) is 19.4 Å². The van der Waals surface area contributed by atoms with Crippen LogP contribution in [0.4, 0.5) is 0 Å². The molecule has 0 bridgehead atoms. The van der Waals surface area contributed by atoms with Gasteiger partial charge in [0.25, 0.3) is 0 Å². The van der Waals surface area contributed by atoms with E-state index in [0.717, 1.165) is 12.1 Å². The van der Waals surface area contributed by atoms with Crippen molar-refractivity contribution in [1.82, 2.24) is 5.32 Å². The van der Waals surface area contributed by atoms with Crippen LogP contribution in [0.3, 0.4) is 0 Å². The highest BCUT2D eigenvalue weighted by Gasteiger charge is 2.15. The summed E-state index contributed by atoms with van der Waals surface area (Å²) in [7, 11) is 4.75. The third kappa shape index (κ3) is 4.73. The highest BCUT2D eigenvalue weighted by molar-refractivity contribution is 5.77. The summed E-state index contributed by atoms with van der Waals surface area (Å²) in [6, 6.07) is 3.71. The minimum Gasteiger partial charge on any atom is -0.493 e. The fraction of sp³-hybridized carbons (Fsp3) is 0.533. The molecule has 0 saturated carbocycles. The number of nitrogens with zero attached hydrogens (tertiary/aromatic N) is 1. The van der Waals surface area contributed by atoms with Crippen molar-refractivity contribution in [3.05, 3.63) is 17.7 Å². The van der Waals surface area contributed by atoms with Crippen LogP contribution in [-0.4, -0.2) is 33.8 Å². The van der Waals surface area contributed by atoms with Gasteiger partial charge in [-0.3, -0.25) is 0 Å². The van der Waals surface area contributed by atoms with Gasteiger partial charge in [0, 0.05) is 12.1 Å². The monoisotopic (exact) mass is 295 g/mol. The van der Waals surface area contributed by atoms with Crippen molar-refractivity contribution in [2.24, 2.45) is 16.6 Å². The molecule has 1 aromatic carbocycles. The van der Waals surface area contributed by atoms with Gasteiger partial charge in [0.2, 0.25) is 5.75 Å². The van der Waals surface area contributed by atoms with Crippen molar-refractivity contribution >= 4 is 5.96 Å². The van der Waals surface area contributed by atoms with Gasteiger partial charge in [0.05, 0.1) is 27.9 Å². The first-order valence-electron chi connectivity index (χ1n) is 6.85. The molecule has 1 aromatic rings. The molecule has 0 spiro atoms. The predicted octanol–water partition coefficient (Wildman–Crippen LogP) is 1.77. The minimum atomic E-state index is 0.403. The largest absolute Gasteiger partial charge is 0.493 e. The first-order valence-corrected chi connectivity index (χ1v) is 6.85. The van der Waals surface area contributed by atoms with Crippen molar-refractivity contribution in [1.29, 1.82) is 0 Å². The Morgan fingerprint density at radius 3 is 2.33 bits per heavy atom. The second kappa shape index (κ2) is 8.24. The molecule has 0 aliphatic rings. The standard InChI is InChI=1S/C15H25N3O3/c1-10(2)8-17-15(16)18-9-11-6-7-12(19-3)14(21-5)13(11)20-4/h6-7,10H,8-9H2,1-5H3,(H3,16,17,18). The first kappa shape index (κ1) is 16.9. The molecule has 0 atom stereocenters. The summed E-state index contributed by atoms with van der Waals surface area (Å²) in [5, 5.41) is 3.07. The molecule has 6 heteroatoms. The molecule has 0 aromatic heterocycles. The van der Waals surface area contributed by atoms with Gasteiger partial charge in [0.1, 0.15) is 0 Å². The van der Waals surface area contributed by atoms with Crippen molar-refractivity contribution < 1.29 is 14.2 Å². The molecule has 0 heterocycles. The summed E-state index contributed by atoms with van der Waals surface area (Å²) in [6.45, 7) is 5.41. The van der Waals surface area contributed by atoms with E-state index in [1.165, 1.54) is 0 Å². The molecule has 0 saturated heterocycles. The zero-order valence-electron chi connectivity index (χ0n) is 13.4. The smallest absolute Gasteiger partial charge is 0.203 e. The third-order valence-corrected chi connectivity index (χ3v) is 2.90. The van der Waals surface area contributed by atoms with E-state index in [4.69, 9.17) is 19.9 Å². The van der Waals surface area contributed by atoms with Crippen LogP contribution in [-0.2, 0) is 6.54 Å². The molecule has 0 unspecified atom stereocenters. The first-order chi connectivity index (χ1) is 10.0. The number of rotatable bonds is 7. The maximum Gasteiger partial charge on any atom is 0.203 e. The lowest BCUT2D eigenvalue weighted by Crippen LogP contribution is -2.34. The predicted molar refractivity (Wildman–Crippen MR) is 84.3 cm³/mol. The number of benzene rings is 1. The van der Waals surface area contributed by atoms with Gasteiger partial charge in [0.15, 0.2) is 17.5 Å². The molecular weight excluding hydrogens is 270 g/mol. The van der Waals surface area contributed by atoms with Crippen LogP contribution in [0.2, 0.25) is 0 Å². The van der Waals surface area contributed by atoms with Gasteiger partial charge in [-0.05, 0) is 18.1 Å². The van der Waals surface area contributed by atoms with Crippen LogP contribution in [0.5, 0.6) is 17.2 Å². The van der Waals surface area contributed by atoms with Crippen LogP contribution < -0.4 is 25.3 Å². The Bertz CT molecular complexity index is 487. The van der Waals surface area contributed by atoms with E-state index in [9.17, 15) is 0 Å². The fourth-order valence-corrected chi connectivity index (χ4v) is 1.82. The molecule has 0 aliphatic carbocycles. The molecule has 6 nitrogen and oxygen atoms in total. The Balaban J connectivity index is 2.90. The average Bonchev–Trinajstić information content (AvgIpc) is 2.49. The molecule has 0 radical (unpaired) electrons. The summed E-state index contributed by atoms with van der Waals surface area (Å²) >= 11 is 0. The summed E-state index contributed by atoms with van der Waals surface area (Å²) in [5.41, 5.74) is 6.71. The summed E-state index contributed by atoms with van der Waals surface area (Å²) in [5.74, 6) is 2.71. The van der Waals surface area contributed by atoms with E-state index in [1.807, 2.05) is 12.1 Å². The van der Waals surface area contributed by atoms with E-state index in [2.05, 4.69) is 24.2 Å². The van der Waals surface area contributed by atoms with E-state index in [1.54, 1.807) is 21.3 Å². The SMILES string of the molecule is COc1ccc(CN=C(N)NCC(C)C)c(OC)c1OC. The van der Waals surface area contributed by atoms with Gasteiger partial charge in [-0.15, -0.1) is 0 Å². The number of nitrogens with one attached hydrogen (secondary N) is 1. The second-order valence-electron chi connectivity index (χ2n) is 4.97. The highest BCUT2D eigenvalue weighted by Crippen LogP contribution is 2.39. The number of methoxy groups -OCH3 is 3. The number of ether oxygens (including phenoxy) is 3. The molecule has 0 amide bonds. The fourth-order valence-electron chi connectivity index (χ4n) is 1.82. The lowest BCUT2D eigenvalue weighted by atomic mass is 10.1. The molecule has 0 aliphatic heterocycles. The second-order valence-corrected chi connectivity index (χ2v) is 4.97. The van der Waals surface area contributed by atoms with Crippen molar-refractivity contribution in [3.8, 4) is 17.2 Å².